The van der Waals surface area contributed by atoms with Crippen LogP contribution in [-0.2, 0) is 0 Å². The smallest absolute Gasteiger partial charge is 0.0956 e. The van der Waals surface area contributed by atoms with Gasteiger partial charge in [-0.05, 0) is 5.92 Å². The molecule has 0 saturated carbocycles. The SMILES string of the molecule is CCC1CN(CO)C1. The fourth-order valence-electron chi connectivity index (χ4n) is 1.05. The molecule has 1 fully saturated rings. The van der Waals surface area contributed by atoms with E-state index in [1.165, 1.54) is 6.42 Å². The van der Waals surface area contributed by atoms with Crippen LogP contribution < -0.4 is 0 Å². The first-order valence-corrected chi connectivity index (χ1v) is 3.20. The van der Waals surface area contributed by atoms with Gasteiger partial charge in [0.25, 0.3) is 0 Å². The maximum absolute atomic E-state index is 8.53. The Bertz CT molecular complexity index is 60.9. The lowest BCUT2D eigenvalue weighted by atomic mass is 9.98. The lowest BCUT2D eigenvalue weighted by Crippen LogP contribution is -2.46. The first kappa shape index (κ1) is 6.05. The van der Waals surface area contributed by atoms with E-state index in [9.17, 15) is 0 Å². The summed E-state index contributed by atoms with van der Waals surface area (Å²) in [6.07, 6.45) is 1.26. The van der Waals surface area contributed by atoms with Gasteiger partial charge in [0.15, 0.2) is 0 Å². The third-order valence-electron chi connectivity index (χ3n) is 1.81. The first-order chi connectivity index (χ1) is 3.86. The van der Waals surface area contributed by atoms with Crippen molar-refractivity contribution in [3.63, 3.8) is 0 Å². The van der Waals surface area contributed by atoms with Crippen molar-refractivity contribution in [1.29, 1.82) is 0 Å². The number of aliphatic hydroxyl groups excluding tert-OH is 1. The first-order valence-electron chi connectivity index (χ1n) is 3.20. The van der Waals surface area contributed by atoms with Crippen LogP contribution >= 0.6 is 0 Å². The second kappa shape index (κ2) is 2.46. The van der Waals surface area contributed by atoms with Crippen molar-refractivity contribution < 1.29 is 5.11 Å². The van der Waals surface area contributed by atoms with E-state index in [0.29, 0.717) is 0 Å². The molecule has 48 valence electrons. The quantitative estimate of drug-likeness (QED) is 0.558. The van der Waals surface area contributed by atoms with Gasteiger partial charge in [-0.15, -0.1) is 0 Å². The summed E-state index contributed by atoms with van der Waals surface area (Å²) in [5.74, 6) is 0.863. The Balaban J connectivity index is 2.03. The highest BCUT2D eigenvalue weighted by molar-refractivity contribution is 4.75. The van der Waals surface area contributed by atoms with Gasteiger partial charge >= 0.3 is 0 Å². The van der Waals surface area contributed by atoms with Gasteiger partial charge in [0, 0.05) is 13.1 Å². The molecule has 0 aromatic carbocycles. The molecule has 1 saturated heterocycles. The van der Waals surface area contributed by atoms with Gasteiger partial charge in [-0.1, -0.05) is 13.3 Å². The molecular weight excluding hydrogens is 102 g/mol. The van der Waals surface area contributed by atoms with Crippen molar-refractivity contribution in [3.05, 3.63) is 0 Å². The molecule has 0 amide bonds. The van der Waals surface area contributed by atoms with Crippen molar-refractivity contribution in [2.75, 3.05) is 19.8 Å². The second-order valence-electron chi connectivity index (χ2n) is 2.45. The molecule has 1 aliphatic heterocycles. The topological polar surface area (TPSA) is 23.5 Å². The highest BCUT2D eigenvalue weighted by Crippen LogP contribution is 2.16. The van der Waals surface area contributed by atoms with Gasteiger partial charge in [-0.2, -0.15) is 0 Å². The summed E-state index contributed by atoms with van der Waals surface area (Å²) in [6, 6.07) is 0. The Hall–Kier alpha value is -0.0800. The van der Waals surface area contributed by atoms with E-state index in [0.717, 1.165) is 19.0 Å². The summed E-state index contributed by atoms with van der Waals surface area (Å²) in [5.41, 5.74) is 0. The molecule has 1 N–H and O–H groups in total. The average Bonchev–Trinajstić information content (AvgIpc) is 1.65. The molecule has 0 unspecified atom stereocenters. The number of likely N-dealkylation sites (tertiary alicyclic amines) is 1. The van der Waals surface area contributed by atoms with Gasteiger partial charge in [0.05, 0.1) is 6.73 Å². The third-order valence-corrected chi connectivity index (χ3v) is 1.81. The fraction of sp³-hybridized carbons (Fsp3) is 1.00. The molecule has 8 heavy (non-hydrogen) atoms. The lowest BCUT2D eigenvalue weighted by molar-refractivity contribution is 0.0118. The molecule has 0 aromatic rings. The zero-order valence-corrected chi connectivity index (χ0v) is 5.30. The minimum Gasteiger partial charge on any atom is -0.381 e. The van der Waals surface area contributed by atoms with Crippen LogP contribution in [-0.4, -0.2) is 29.8 Å². The van der Waals surface area contributed by atoms with E-state index in [-0.39, 0.29) is 6.73 Å². The molecular formula is C6H13NO. The van der Waals surface area contributed by atoms with Gasteiger partial charge in [-0.3, -0.25) is 4.90 Å². The molecule has 0 aliphatic carbocycles. The molecule has 0 bridgehead atoms. The molecule has 1 rings (SSSR count). The zero-order valence-electron chi connectivity index (χ0n) is 5.30. The van der Waals surface area contributed by atoms with Crippen LogP contribution in [0.15, 0.2) is 0 Å². The Morgan fingerprint density at radius 2 is 2.25 bits per heavy atom. The number of hydrogen-bond acceptors (Lipinski definition) is 2. The zero-order chi connectivity index (χ0) is 5.98. The van der Waals surface area contributed by atoms with E-state index in [1.807, 2.05) is 4.90 Å². The minimum absolute atomic E-state index is 0.247. The summed E-state index contributed by atoms with van der Waals surface area (Å²) in [6.45, 7) is 4.65. The maximum atomic E-state index is 8.53. The van der Waals surface area contributed by atoms with Crippen LogP contribution in [0.3, 0.4) is 0 Å². The van der Waals surface area contributed by atoms with Gasteiger partial charge in [0.1, 0.15) is 0 Å². The van der Waals surface area contributed by atoms with Gasteiger partial charge < -0.3 is 5.11 Å². The largest absolute Gasteiger partial charge is 0.381 e. The molecule has 1 heterocycles. The standard InChI is InChI=1S/C6H13NO/c1-2-6-3-7(4-6)5-8/h6,8H,2-5H2,1H3. The molecule has 2 nitrogen and oxygen atoms in total. The monoisotopic (exact) mass is 115 g/mol. The normalized spacial score (nSPS) is 23.2. The Kier molecular flexibility index (Phi) is 1.86. The van der Waals surface area contributed by atoms with E-state index in [2.05, 4.69) is 6.92 Å². The van der Waals surface area contributed by atoms with Crippen LogP contribution in [0.25, 0.3) is 0 Å². The second-order valence-corrected chi connectivity index (χ2v) is 2.45. The Labute approximate surface area is 50.1 Å². The molecule has 0 spiro atoms. The summed E-state index contributed by atoms with van der Waals surface area (Å²) in [5, 5.41) is 8.53. The number of hydrogen-bond donors (Lipinski definition) is 1. The van der Waals surface area contributed by atoms with Crippen molar-refractivity contribution in [1.82, 2.24) is 4.90 Å². The van der Waals surface area contributed by atoms with E-state index < -0.39 is 0 Å². The fourth-order valence-corrected chi connectivity index (χ4v) is 1.05. The Morgan fingerprint density at radius 1 is 1.62 bits per heavy atom. The van der Waals surface area contributed by atoms with Crippen LogP contribution in [0, 0.1) is 5.92 Å². The van der Waals surface area contributed by atoms with Crippen LogP contribution in [0.5, 0.6) is 0 Å². The summed E-state index contributed by atoms with van der Waals surface area (Å²) in [7, 11) is 0. The number of nitrogens with zero attached hydrogens (tertiary/aromatic N) is 1. The van der Waals surface area contributed by atoms with E-state index in [4.69, 9.17) is 5.11 Å². The summed E-state index contributed by atoms with van der Waals surface area (Å²) >= 11 is 0. The maximum Gasteiger partial charge on any atom is 0.0956 e. The van der Waals surface area contributed by atoms with Crippen LogP contribution in [0.1, 0.15) is 13.3 Å². The predicted octanol–water partition coefficient (Wildman–Crippen LogP) is 0.278. The van der Waals surface area contributed by atoms with Crippen LogP contribution in [0.4, 0.5) is 0 Å². The van der Waals surface area contributed by atoms with E-state index >= 15 is 0 Å². The predicted molar refractivity (Wildman–Crippen MR) is 32.4 cm³/mol. The molecule has 0 radical (unpaired) electrons. The molecule has 2 heteroatoms. The third kappa shape index (κ3) is 1.01. The van der Waals surface area contributed by atoms with Crippen molar-refractivity contribution in [2.24, 2.45) is 5.92 Å². The van der Waals surface area contributed by atoms with E-state index in [1.54, 1.807) is 0 Å². The van der Waals surface area contributed by atoms with Crippen molar-refractivity contribution in [2.45, 2.75) is 13.3 Å². The van der Waals surface area contributed by atoms with Crippen LogP contribution in [0.2, 0.25) is 0 Å². The molecule has 0 aromatic heterocycles. The summed E-state index contributed by atoms with van der Waals surface area (Å²) < 4.78 is 0. The highest BCUT2D eigenvalue weighted by atomic mass is 16.3. The molecule has 1 aliphatic rings. The summed E-state index contributed by atoms with van der Waals surface area (Å²) in [4.78, 5) is 2.04. The average molecular weight is 115 g/mol. The van der Waals surface area contributed by atoms with Crippen molar-refractivity contribution >= 4 is 0 Å². The van der Waals surface area contributed by atoms with Gasteiger partial charge in [0.2, 0.25) is 0 Å². The van der Waals surface area contributed by atoms with Crippen molar-refractivity contribution in [3.8, 4) is 0 Å². The Morgan fingerprint density at radius 3 is 2.62 bits per heavy atom. The highest BCUT2D eigenvalue weighted by Gasteiger charge is 2.23. The molecule has 0 atom stereocenters. The minimum atomic E-state index is 0.247. The van der Waals surface area contributed by atoms with Gasteiger partial charge in [-0.25, -0.2) is 0 Å². The lowest BCUT2D eigenvalue weighted by Gasteiger charge is -2.36. The number of rotatable bonds is 2. The number of aliphatic hydroxyl groups is 1.